The zero-order valence-electron chi connectivity index (χ0n) is 15.8. The normalized spacial score (nSPS) is 11.5. The monoisotopic (exact) mass is 353 g/mol. The van der Waals surface area contributed by atoms with Crippen LogP contribution in [0.25, 0.3) is 0 Å². The molecule has 0 heterocycles. The Morgan fingerprint density at radius 2 is 1.44 bits per heavy atom. The molecule has 144 valence electrons. The van der Waals surface area contributed by atoms with E-state index < -0.39 is 0 Å². The summed E-state index contributed by atoms with van der Waals surface area (Å²) < 4.78 is 17.0. The predicted molar refractivity (Wildman–Crippen MR) is 103 cm³/mol. The summed E-state index contributed by atoms with van der Waals surface area (Å²) in [6.45, 7) is 13.5. The Labute approximate surface area is 153 Å². The van der Waals surface area contributed by atoms with Crippen LogP contribution in [0.5, 0.6) is 17.2 Å². The van der Waals surface area contributed by atoms with Crippen LogP contribution in [-0.4, -0.2) is 31.8 Å². The zero-order valence-corrected chi connectivity index (χ0v) is 15.8. The van der Waals surface area contributed by atoms with E-state index in [1.807, 2.05) is 27.7 Å². The molecule has 0 aliphatic heterocycles. The number of rotatable bonds is 10. The lowest BCUT2D eigenvalue weighted by atomic mass is 10.0. The Morgan fingerprint density at radius 3 is 1.84 bits per heavy atom. The molecule has 1 amide bonds. The standard InChI is InChI=1S/C19H31NO4.CH4/c1-7-22-16-11-15(19(21)20-14(6)10-13(4)5)12-17(23-8-2)18(16)24-9-3;/h11-14H,7-10H2,1-6H3,(H,20,21);1H4/t14-;/m1./s1. The van der Waals surface area contributed by atoms with Crippen LogP contribution in [0.3, 0.4) is 0 Å². The summed E-state index contributed by atoms with van der Waals surface area (Å²) >= 11 is 0. The average Bonchev–Trinajstić information content (AvgIpc) is 2.49. The molecule has 1 atom stereocenters. The fraction of sp³-hybridized carbons (Fsp3) is 0.650. The molecular weight excluding hydrogens is 318 g/mol. The van der Waals surface area contributed by atoms with Crippen LogP contribution in [0.2, 0.25) is 0 Å². The molecule has 0 saturated heterocycles. The molecule has 0 fully saturated rings. The number of amides is 1. The number of benzene rings is 1. The van der Waals surface area contributed by atoms with E-state index in [0.717, 1.165) is 6.42 Å². The summed E-state index contributed by atoms with van der Waals surface area (Å²) in [5.74, 6) is 2.01. The first-order valence-electron chi connectivity index (χ1n) is 8.80. The minimum atomic E-state index is -0.131. The molecule has 0 aliphatic carbocycles. The lowest BCUT2D eigenvalue weighted by molar-refractivity contribution is 0.0935. The summed E-state index contributed by atoms with van der Waals surface area (Å²) in [5.41, 5.74) is 0.515. The largest absolute Gasteiger partial charge is 0.490 e. The van der Waals surface area contributed by atoms with Crippen molar-refractivity contribution in [3.05, 3.63) is 17.7 Å². The van der Waals surface area contributed by atoms with Crippen molar-refractivity contribution < 1.29 is 19.0 Å². The Bertz CT molecular complexity index is 501. The molecule has 5 heteroatoms. The van der Waals surface area contributed by atoms with Crippen LogP contribution in [0.15, 0.2) is 12.1 Å². The van der Waals surface area contributed by atoms with Crippen molar-refractivity contribution in [1.82, 2.24) is 5.32 Å². The van der Waals surface area contributed by atoms with Gasteiger partial charge in [0.05, 0.1) is 19.8 Å². The second-order valence-corrected chi connectivity index (χ2v) is 6.10. The molecule has 5 nitrogen and oxygen atoms in total. The highest BCUT2D eigenvalue weighted by molar-refractivity contribution is 5.95. The summed E-state index contributed by atoms with van der Waals surface area (Å²) in [6, 6.07) is 3.54. The number of hydrogen-bond donors (Lipinski definition) is 1. The van der Waals surface area contributed by atoms with Gasteiger partial charge in [0, 0.05) is 11.6 Å². The van der Waals surface area contributed by atoms with Crippen molar-refractivity contribution in [3.63, 3.8) is 0 Å². The summed E-state index contributed by atoms with van der Waals surface area (Å²) in [6.07, 6.45) is 0.930. The van der Waals surface area contributed by atoms with Crippen LogP contribution in [0, 0.1) is 5.92 Å². The summed E-state index contributed by atoms with van der Waals surface area (Å²) in [5, 5.41) is 3.03. The third-order valence-corrected chi connectivity index (χ3v) is 3.37. The molecule has 0 unspecified atom stereocenters. The van der Waals surface area contributed by atoms with Gasteiger partial charge in [-0.05, 0) is 52.2 Å². The van der Waals surface area contributed by atoms with E-state index in [4.69, 9.17) is 14.2 Å². The molecule has 1 rings (SSSR count). The van der Waals surface area contributed by atoms with Crippen molar-refractivity contribution in [2.45, 2.75) is 61.4 Å². The fourth-order valence-electron chi connectivity index (χ4n) is 2.59. The van der Waals surface area contributed by atoms with Crippen LogP contribution in [-0.2, 0) is 0 Å². The Morgan fingerprint density at radius 1 is 0.960 bits per heavy atom. The first-order chi connectivity index (χ1) is 11.4. The van der Waals surface area contributed by atoms with E-state index in [2.05, 4.69) is 19.2 Å². The number of ether oxygens (including phenoxy) is 3. The molecule has 25 heavy (non-hydrogen) atoms. The van der Waals surface area contributed by atoms with E-state index >= 15 is 0 Å². The van der Waals surface area contributed by atoms with Gasteiger partial charge in [-0.25, -0.2) is 0 Å². The van der Waals surface area contributed by atoms with E-state index in [9.17, 15) is 4.79 Å². The van der Waals surface area contributed by atoms with Crippen molar-refractivity contribution in [2.24, 2.45) is 5.92 Å². The fourth-order valence-corrected chi connectivity index (χ4v) is 2.59. The third kappa shape index (κ3) is 7.24. The van der Waals surface area contributed by atoms with Gasteiger partial charge in [0.15, 0.2) is 11.5 Å². The average molecular weight is 354 g/mol. The van der Waals surface area contributed by atoms with Crippen molar-refractivity contribution in [2.75, 3.05) is 19.8 Å². The van der Waals surface area contributed by atoms with Gasteiger partial charge in [-0.15, -0.1) is 0 Å². The molecule has 0 bridgehead atoms. The van der Waals surface area contributed by atoms with Crippen LogP contribution >= 0.6 is 0 Å². The maximum absolute atomic E-state index is 12.6. The van der Waals surface area contributed by atoms with Crippen molar-refractivity contribution >= 4 is 5.91 Å². The van der Waals surface area contributed by atoms with Gasteiger partial charge in [0.25, 0.3) is 5.91 Å². The maximum atomic E-state index is 12.6. The van der Waals surface area contributed by atoms with E-state index in [1.54, 1.807) is 12.1 Å². The van der Waals surface area contributed by atoms with Crippen molar-refractivity contribution in [3.8, 4) is 17.2 Å². The van der Waals surface area contributed by atoms with Gasteiger partial charge in [-0.3, -0.25) is 4.79 Å². The minimum Gasteiger partial charge on any atom is -0.490 e. The van der Waals surface area contributed by atoms with Gasteiger partial charge in [-0.2, -0.15) is 0 Å². The van der Waals surface area contributed by atoms with Gasteiger partial charge in [0.1, 0.15) is 0 Å². The molecule has 0 radical (unpaired) electrons. The lowest BCUT2D eigenvalue weighted by Crippen LogP contribution is -2.33. The predicted octanol–water partition coefficient (Wildman–Crippen LogP) is 4.68. The van der Waals surface area contributed by atoms with Gasteiger partial charge in [-0.1, -0.05) is 21.3 Å². The van der Waals surface area contributed by atoms with Gasteiger partial charge >= 0.3 is 0 Å². The summed E-state index contributed by atoms with van der Waals surface area (Å²) in [7, 11) is 0. The smallest absolute Gasteiger partial charge is 0.251 e. The van der Waals surface area contributed by atoms with Gasteiger partial charge in [0.2, 0.25) is 5.75 Å². The number of carbonyl (C=O) groups excluding carboxylic acids is 1. The molecular formula is C20H35NO4. The van der Waals surface area contributed by atoms with E-state index in [1.165, 1.54) is 0 Å². The molecule has 0 saturated carbocycles. The Hall–Kier alpha value is -1.91. The SMILES string of the molecule is C.CCOc1cc(C(=O)N[C@H](C)CC(C)C)cc(OCC)c1OCC. The topological polar surface area (TPSA) is 56.8 Å². The molecule has 1 aromatic carbocycles. The third-order valence-electron chi connectivity index (χ3n) is 3.37. The quantitative estimate of drug-likeness (QED) is 0.663. The molecule has 1 N–H and O–H groups in total. The second kappa shape index (κ2) is 11.6. The summed E-state index contributed by atoms with van der Waals surface area (Å²) in [4.78, 5) is 12.6. The highest BCUT2D eigenvalue weighted by Crippen LogP contribution is 2.39. The van der Waals surface area contributed by atoms with Gasteiger partial charge < -0.3 is 19.5 Å². The highest BCUT2D eigenvalue weighted by atomic mass is 16.5. The number of hydrogen-bond acceptors (Lipinski definition) is 4. The second-order valence-electron chi connectivity index (χ2n) is 6.10. The minimum absolute atomic E-state index is 0. The molecule has 0 aromatic heterocycles. The first kappa shape index (κ1) is 23.1. The molecule has 0 spiro atoms. The zero-order chi connectivity index (χ0) is 18.1. The van der Waals surface area contributed by atoms with Crippen molar-refractivity contribution in [1.29, 1.82) is 0 Å². The number of carbonyl (C=O) groups is 1. The number of nitrogens with one attached hydrogen (secondary N) is 1. The molecule has 0 aliphatic rings. The molecule has 1 aromatic rings. The maximum Gasteiger partial charge on any atom is 0.251 e. The van der Waals surface area contributed by atoms with Crippen LogP contribution in [0.4, 0.5) is 0 Å². The Balaban J connectivity index is 0.00000576. The first-order valence-corrected chi connectivity index (χ1v) is 8.80. The highest BCUT2D eigenvalue weighted by Gasteiger charge is 2.19. The van der Waals surface area contributed by atoms with Crippen LogP contribution < -0.4 is 19.5 Å². The Kier molecular flexibility index (Phi) is 10.7. The van der Waals surface area contributed by atoms with E-state index in [0.29, 0.717) is 48.6 Å². The lowest BCUT2D eigenvalue weighted by Gasteiger charge is -2.19. The van der Waals surface area contributed by atoms with Crippen LogP contribution in [0.1, 0.15) is 65.7 Å². The van der Waals surface area contributed by atoms with E-state index in [-0.39, 0.29) is 19.4 Å².